The lowest BCUT2D eigenvalue weighted by Gasteiger charge is -2.16. The number of benzene rings is 1. The topological polar surface area (TPSA) is 76.5 Å². The molecule has 1 aromatic carbocycles. The average molecular weight is 358 g/mol. The maximum Gasteiger partial charge on any atom is 0.271 e. The van der Waals surface area contributed by atoms with Gasteiger partial charge in [-0.1, -0.05) is 30.3 Å². The van der Waals surface area contributed by atoms with E-state index in [0.29, 0.717) is 19.7 Å². The second-order valence-electron chi connectivity index (χ2n) is 6.11. The van der Waals surface area contributed by atoms with Crippen LogP contribution in [-0.4, -0.2) is 54.4 Å². The molecule has 7 nitrogen and oxygen atoms in total. The van der Waals surface area contributed by atoms with Crippen molar-refractivity contribution in [2.45, 2.75) is 19.5 Å². The maximum atomic E-state index is 12.2. The number of aromatic nitrogens is 2. The third-order valence-corrected chi connectivity index (χ3v) is 3.90. The van der Waals surface area contributed by atoms with Gasteiger partial charge in [-0.2, -0.15) is 5.10 Å². The monoisotopic (exact) mass is 358 g/mol. The lowest BCUT2D eigenvalue weighted by atomic mass is 10.2. The Morgan fingerprint density at radius 2 is 2.00 bits per heavy atom. The summed E-state index contributed by atoms with van der Waals surface area (Å²) in [6.07, 6.45) is 0.832. The van der Waals surface area contributed by atoms with E-state index in [1.807, 2.05) is 18.2 Å². The predicted octanol–water partition coefficient (Wildman–Crippen LogP) is 1.14. The highest BCUT2D eigenvalue weighted by Gasteiger charge is 2.09. The molecular formula is C19H26N4O3. The van der Waals surface area contributed by atoms with E-state index >= 15 is 0 Å². The van der Waals surface area contributed by atoms with E-state index in [2.05, 4.69) is 34.5 Å². The molecule has 0 saturated carbocycles. The summed E-state index contributed by atoms with van der Waals surface area (Å²) in [7, 11) is 3.61. The SMILES string of the molecule is COCCn1nc(C(=O)NCCCN(C)Cc2ccccc2)ccc1=O. The number of nitrogens with one attached hydrogen (secondary N) is 1. The Morgan fingerprint density at radius 1 is 1.23 bits per heavy atom. The third kappa shape index (κ3) is 6.42. The maximum absolute atomic E-state index is 12.2. The number of methoxy groups -OCH3 is 1. The average Bonchev–Trinajstić information content (AvgIpc) is 2.65. The van der Waals surface area contributed by atoms with E-state index in [1.165, 1.54) is 22.4 Å². The van der Waals surface area contributed by atoms with Crippen molar-refractivity contribution in [2.24, 2.45) is 0 Å². The molecule has 0 fully saturated rings. The summed E-state index contributed by atoms with van der Waals surface area (Å²) in [6.45, 7) is 2.99. The quantitative estimate of drug-likeness (QED) is 0.645. The van der Waals surface area contributed by atoms with Crippen LogP contribution in [0.1, 0.15) is 22.5 Å². The van der Waals surface area contributed by atoms with Crippen LogP contribution >= 0.6 is 0 Å². The van der Waals surface area contributed by atoms with Gasteiger partial charge in [-0.05, 0) is 31.6 Å². The van der Waals surface area contributed by atoms with Crippen LogP contribution in [0.5, 0.6) is 0 Å². The summed E-state index contributed by atoms with van der Waals surface area (Å²) >= 11 is 0. The molecule has 0 spiro atoms. The van der Waals surface area contributed by atoms with Crippen molar-refractivity contribution in [3.05, 3.63) is 64.1 Å². The first kappa shape index (κ1) is 19.8. The summed E-state index contributed by atoms with van der Waals surface area (Å²) in [4.78, 5) is 26.1. The fourth-order valence-electron chi connectivity index (χ4n) is 2.52. The smallest absolute Gasteiger partial charge is 0.271 e. The molecule has 0 unspecified atom stereocenters. The van der Waals surface area contributed by atoms with Gasteiger partial charge in [-0.3, -0.25) is 9.59 Å². The molecule has 0 radical (unpaired) electrons. The van der Waals surface area contributed by atoms with Crippen molar-refractivity contribution in [3.8, 4) is 0 Å². The van der Waals surface area contributed by atoms with Gasteiger partial charge in [0.05, 0.1) is 13.2 Å². The van der Waals surface area contributed by atoms with Gasteiger partial charge in [0.25, 0.3) is 11.5 Å². The highest BCUT2D eigenvalue weighted by Crippen LogP contribution is 2.02. The second kappa shape index (κ2) is 10.5. The van der Waals surface area contributed by atoms with Crippen LogP contribution in [0, 0.1) is 0 Å². The summed E-state index contributed by atoms with van der Waals surface area (Å²) < 4.78 is 6.18. The first-order chi connectivity index (χ1) is 12.6. The summed E-state index contributed by atoms with van der Waals surface area (Å²) in [5, 5.41) is 6.93. The second-order valence-corrected chi connectivity index (χ2v) is 6.11. The molecule has 0 aliphatic carbocycles. The fourth-order valence-corrected chi connectivity index (χ4v) is 2.52. The number of carbonyl (C=O) groups excluding carboxylic acids is 1. The Morgan fingerprint density at radius 3 is 2.73 bits per heavy atom. The van der Waals surface area contributed by atoms with Gasteiger partial charge < -0.3 is 15.0 Å². The largest absolute Gasteiger partial charge is 0.383 e. The molecule has 7 heteroatoms. The molecule has 1 N–H and O–H groups in total. The molecule has 1 aromatic heterocycles. The zero-order chi connectivity index (χ0) is 18.8. The molecule has 2 rings (SSSR count). The van der Waals surface area contributed by atoms with Crippen molar-refractivity contribution < 1.29 is 9.53 Å². The van der Waals surface area contributed by atoms with Crippen molar-refractivity contribution in [1.82, 2.24) is 20.0 Å². The van der Waals surface area contributed by atoms with E-state index < -0.39 is 0 Å². The van der Waals surface area contributed by atoms with Crippen molar-refractivity contribution in [1.29, 1.82) is 0 Å². The van der Waals surface area contributed by atoms with E-state index in [1.54, 1.807) is 7.11 Å². The van der Waals surface area contributed by atoms with Crippen molar-refractivity contribution in [3.63, 3.8) is 0 Å². The van der Waals surface area contributed by atoms with Crippen LogP contribution in [0.3, 0.4) is 0 Å². The van der Waals surface area contributed by atoms with Crippen LogP contribution in [0.4, 0.5) is 0 Å². The summed E-state index contributed by atoms with van der Waals surface area (Å²) in [6, 6.07) is 13.1. The first-order valence-electron chi connectivity index (χ1n) is 8.68. The predicted molar refractivity (Wildman–Crippen MR) is 100 cm³/mol. The Kier molecular flexibility index (Phi) is 7.98. The molecule has 26 heavy (non-hydrogen) atoms. The summed E-state index contributed by atoms with van der Waals surface area (Å²) in [5.41, 5.74) is 1.25. The van der Waals surface area contributed by atoms with Gasteiger partial charge in [0.15, 0.2) is 0 Å². The summed E-state index contributed by atoms with van der Waals surface area (Å²) in [5.74, 6) is -0.276. The van der Waals surface area contributed by atoms with Gasteiger partial charge in [0.1, 0.15) is 5.69 Å². The lowest BCUT2D eigenvalue weighted by molar-refractivity contribution is 0.0943. The van der Waals surface area contributed by atoms with Gasteiger partial charge in [-0.25, -0.2) is 4.68 Å². The van der Waals surface area contributed by atoms with E-state index in [9.17, 15) is 9.59 Å². The molecule has 140 valence electrons. The number of hydrogen-bond acceptors (Lipinski definition) is 5. The molecule has 0 atom stereocenters. The number of amides is 1. The van der Waals surface area contributed by atoms with E-state index in [0.717, 1.165) is 19.5 Å². The highest BCUT2D eigenvalue weighted by atomic mass is 16.5. The molecule has 1 heterocycles. The van der Waals surface area contributed by atoms with E-state index in [4.69, 9.17) is 4.74 Å². The Bertz CT molecular complexity index is 746. The Hall–Kier alpha value is -2.51. The van der Waals surface area contributed by atoms with Gasteiger partial charge in [0, 0.05) is 26.3 Å². The van der Waals surface area contributed by atoms with Gasteiger partial charge in [-0.15, -0.1) is 0 Å². The standard InChI is InChI=1S/C19H26N4O3/c1-22(15-16-7-4-3-5-8-16)12-6-11-20-19(25)17-9-10-18(24)23(21-17)13-14-26-2/h3-5,7-10H,6,11-15H2,1-2H3,(H,20,25). The van der Waals surface area contributed by atoms with Crippen LogP contribution in [0.2, 0.25) is 0 Å². The fraction of sp³-hybridized carbons (Fsp3) is 0.421. The molecule has 1 amide bonds. The minimum atomic E-state index is -0.276. The van der Waals surface area contributed by atoms with Crippen LogP contribution in [0.15, 0.2) is 47.3 Å². The molecule has 0 aliphatic rings. The normalized spacial score (nSPS) is 10.9. The molecule has 0 saturated heterocycles. The van der Waals surface area contributed by atoms with Gasteiger partial charge >= 0.3 is 0 Å². The molecule has 0 bridgehead atoms. The molecule has 2 aromatic rings. The number of ether oxygens (including phenoxy) is 1. The minimum absolute atomic E-state index is 0.235. The Labute approximate surface area is 153 Å². The lowest BCUT2D eigenvalue weighted by Crippen LogP contribution is -2.32. The first-order valence-corrected chi connectivity index (χ1v) is 8.68. The van der Waals surface area contributed by atoms with Crippen LogP contribution in [0.25, 0.3) is 0 Å². The van der Waals surface area contributed by atoms with Crippen LogP contribution in [-0.2, 0) is 17.8 Å². The number of hydrogen-bond donors (Lipinski definition) is 1. The van der Waals surface area contributed by atoms with Crippen LogP contribution < -0.4 is 10.9 Å². The molecule has 0 aliphatic heterocycles. The molecular weight excluding hydrogens is 332 g/mol. The minimum Gasteiger partial charge on any atom is -0.383 e. The Balaban J connectivity index is 1.75. The van der Waals surface area contributed by atoms with Gasteiger partial charge in [0.2, 0.25) is 0 Å². The zero-order valence-corrected chi connectivity index (χ0v) is 15.4. The number of rotatable bonds is 10. The van der Waals surface area contributed by atoms with Crippen molar-refractivity contribution in [2.75, 3.05) is 33.9 Å². The zero-order valence-electron chi connectivity index (χ0n) is 15.4. The van der Waals surface area contributed by atoms with E-state index in [-0.39, 0.29) is 17.2 Å². The highest BCUT2D eigenvalue weighted by molar-refractivity contribution is 5.91. The third-order valence-electron chi connectivity index (χ3n) is 3.90. The van der Waals surface area contributed by atoms with Crippen molar-refractivity contribution >= 4 is 5.91 Å². The number of nitrogens with zero attached hydrogens (tertiary/aromatic N) is 3. The number of carbonyl (C=O) groups is 1.